The Labute approximate surface area is 212 Å². The Kier molecular flexibility index (Phi) is 5.86. The molecular formula is C24H18F5N5O3S. The number of aromatic nitrogens is 5. The molecule has 0 spiro atoms. The zero-order valence-electron chi connectivity index (χ0n) is 19.3. The van der Waals surface area contributed by atoms with Crippen LogP contribution < -0.4 is 4.74 Å². The molecular weight excluding hydrogens is 533 g/mol. The fourth-order valence-electron chi connectivity index (χ4n) is 3.32. The molecule has 0 unspecified atom stereocenters. The molecule has 0 aliphatic rings. The molecule has 0 saturated heterocycles. The molecule has 0 aliphatic heterocycles. The molecule has 5 rings (SSSR count). The molecule has 0 saturated carbocycles. The van der Waals surface area contributed by atoms with Crippen LogP contribution in [0.3, 0.4) is 0 Å². The number of rotatable bonds is 9. The van der Waals surface area contributed by atoms with E-state index in [1.807, 2.05) is 0 Å². The molecule has 0 atom stereocenters. The normalized spacial score (nSPS) is 13.9. The molecule has 3 aromatic heterocycles. The summed E-state index contributed by atoms with van der Waals surface area (Å²) >= 11 is 0. The maximum atomic E-state index is 12.8. The van der Waals surface area contributed by atoms with E-state index in [0.717, 1.165) is 17.7 Å². The molecule has 38 heavy (non-hydrogen) atoms. The summed E-state index contributed by atoms with van der Waals surface area (Å²) < 4.78 is 82.3. The zero-order chi connectivity index (χ0) is 26.9. The van der Waals surface area contributed by atoms with Crippen LogP contribution in [0.25, 0.3) is 23.6 Å². The number of ether oxygens (including phenoxy) is 1. The molecule has 2 aromatic carbocycles. The third-order valence-electron chi connectivity index (χ3n) is 5.15. The Morgan fingerprint density at radius 2 is 1.58 bits per heavy atom. The highest BCUT2D eigenvalue weighted by Gasteiger charge is 2.65. The van der Waals surface area contributed by atoms with E-state index in [4.69, 9.17) is 13.6 Å². The lowest BCUT2D eigenvalue weighted by atomic mass is 10.2. The van der Waals surface area contributed by atoms with Crippen LogP contribution in [0.4, 0.5) is 19.4 Å². The van der Waals surface area contributed by atoms with Gasteiger partial charge in [0.25, 0.3) is 0 Å². The fourth-order valence-corrected chi connectivity index (χ4v) is 3.97. The maximum absolute atomic E-state index is 12.8. The van der Waals surface area contributed by atoms with Crippen LogP contribution in [-0.4, -0.2) is 25.0 Å². The summed E-state index contributed by atoms with van der Waals surface area (Å²) in [5.74, 6) is 1.18. The van der Waals surface area contributed by atoms with Gasteiger partial charge in [0.1, 0.15) is 41.2 Å². The van der Waals surface area contributed by atoms with Crippen molar-refractivity contribution in [3.63, 3.8) is 0 Å². The van der Waals surface area contributed by atoms with Gasteiger partial charge in [0.2, 0.25) is 11.8 Å². The van der Waals surface area contributed by atoms with Crippen molar-refractivity contribution in [1.82, 2.24) is 25.0 Å². The molecule has 5 aromatic rings. The lowest BCUT2D eigenvalue weighted by molar-refractivity contribution is 0.301. The van der Waals surface area contributed by atoms with Crippen molar-refractivity contribution >= 4 is 22.4 Å². The topological polar surface area (TPSA) is 92.0 Å². The number of benzene rings is 2. The second-order valence-electron chi connectivity index (χ2n) is 8.11. The molecule has 3 heterocycles. The standard InChI is InChI=1S/C24H18F5N5O3S/c25-38(26,27,28,29)22-8-1-17(2-9-22)3-10-23-31-20(16-36-23)15-35-21-6-4-18(5-7-21)24-32-19(14-37-24)13-34-12-11-30-33-34/h1-12,14,16H,13,15H2. The van der Waals surface area contributed by atoms with Crippen molar-refractivity contribution in [2.75, 3.05) is 0 Å². The van der Waals surface area contributed by atoms with E-state index in [2.05, 4.69) is 20.3 Å². The molecule has 0 aliphatic carbocycles. The van der Waals surface area contributed by atoms with E-state index in [1.165, 1.54) is 18.4 Å². The van der Waals surface area contributed by atoms with Crippen molar-refractivity contribution in [3.05, 3.63) is 96.3 Å². The van der Waals surface area contributed by atoms with Crippen LogP contribution in [0.15, 0.2) is 87.2 Å². The fraction of sp³-hybridized carbons (Fsp3) is 0.0833. The van der Waals surface area contributed by atoms with Crippen LogP contribution in [0.1, 0.15) is 22.8 Å². The van der Waals surface area contributed by atoms with E-state index in [1.54, 1.807) is 47.6 Å². The van der Waals surface area contributed by atoms with Crippen molar-refractivity contribution in [2.45, 2.75) is 18.0 Å². The number of hydrogen-bond acceptors (Lipinski definition) is 7. The Balaban J connectivity index is 1.15. The van der Waals surface area contributed by atoms with Gasteiger partial charge in [-0.05, 0) is 48.0 Å². The smallest absolute Gasteiger partial charge is 0.310 e. The Bertz CT molecular complexity index is 1560. The number of hydrogen-bond donors (Lipinski definition) is 0. The van der Waals surface area contributed by atoms with Gasteiger partial charge in [0.05, 0.1) is 12.7 Å². The van der Waals surface area contributed by atoms with Gasteiger partial charge in [-0.1, -0.05) is 36.8 Å². The molecule has 0 fully saturated rings. The first-order valence-corrected chi connectivity index (χ1v) is 12.8. The van der Waals surface area contributed by atoms with Gasteiger partial charge in [-0.25, -0.2) is 14.6 Å². The number of nitrogens with zero attached hydrogens (tertiary/aromatic N) is 5. The van der Waals surface area contributed by atoms with E-state index >= 15 is 0 Å². The first-order valence-electron chi connectivity index (χ1n) is 10.9. The Morgan fingerprint density at radius 1 is 0.842 bits per heavy atom. The van der Waals surface area contributed by atoms with Crippen LogP contribution in [-0.2, 0) is 13.2 Å². The zero-order valence-corrected chi connectivity index (χ0v) is 20.1. The molecule has 0 amide bonds. The minimum atomic E-state index is -9.70. The van der Waals surface area contributed by atoms with Crippen molar-refractivity contribution in [1.29, 1.82) is 0 Å². The summed E-state index contributed by atoms with van der Waals surface area (Å²) in [6.07, 6.45) is 9.02. The van der Waals surface area contributed by atoms with Gasteiger partial charge >= 0.3 is 10.2 Å². The molecule has 0 N–H and O–H groups in total. The molecule has 0 bridgehead atoms. The van der Waals surface area contributed by atoms with Gasteiger partial charge in [0, 0.05) is 17.8 Å². The number of halogens is 5. The lowest BCUT2D eigenvalue weighted by Gasteiger charge is -2.40. The largest absolute Gasteiger partial charge is 0.487 e. The average molecular weight is 551 g/mol. The summed E-state index contributed by atoms with van der Waals surface area (Å²) in [4.78, 5) is 6.70. The summed E-state index contributed by atoms with van der Waals surface area (Å²) in [6, 6.07) is 9.65. The predicted octanol–water partition coefficient (Wildman–Crippen LogP) is 7.38. The molecule has 0 radical (unpaired) electrons. The third kappa shape index (κ3) is 6.26. The van der Waals surface area contributed by atoms with Gasteiger partial charge in [0.15, 0.2) is 0 Å². The van der Waals surface area contributed by atoms with E-state index in [0.29, 0.717) is 41.7 Å². The SMILES string of the molecule is FS(F)(F)(F)(F)c1ccc(C=Cc2nc(COc3ccc(-c4nc(Cn5ccnn5)co4)cc3)co2)cc1. The second-order valence-corrected chi connectivity index (χ2v) is 10.5. The van der Waals surface area contributed by atoms with Gasteiger partial charge in [-0.2, -0.15) is 0 Å². The van der Waals surface area contributed by atoms with Crippen LogP contribution in [0.5, 0.6) is 5.75 Å². The number of oxazole rings is 2. The maximum Gasteiger partial charge on any atom is 0.310 e. The minimum Gasteiger partial charge on any atom is -0.487 e. The molecule has 8 nitrogen and oxygen atoms in total. The average Bonchev–Trinajstić information content (AvgIpc) is 3.64. The summed E-state index contributed by atoms with van der Waals surface area (Å²) in [7, 11) is -9.70. The highest BCUT2D eigenvalue weighted by molar-refractivity contribution is 8.45. The molecule has 198 valence electrons. The van der Waals surface area contributed by atoms with Crippen molar-refractivity contribution in [2.24, 2.45) is 0 Å². The van der Waals surface area contributed by atoms with Gasteiger partial charge in [-0.3, -0.25) is 0 Å². The van der Waals surface area contributed by atoms with E-state index < -0.39 is 15.1 Å². The predicted molar refractivity (Wildman–Crippen MR) is 129 cm³/mol. The van der Waals surface area contributed by atoms with Crippen molar-refractivity contribution in [3.8, 4) is 17.2 Å². The quantitative estimate of drug-likeness (QED) is 0.177. The molecule has 14 heteroatoms. The first kappa shape index (κ1) is 25.2. The summed E-state index contributed by atoms with van der Waals surface area (Å²) in [5, 5.41) is 7.63. The summed E-state index contributed by atoms with van der Waals surface area (Å²) in [5.41, 5.74) is 2.19. The second kappa shape index (κ2) is 8.83. The third-order valence-corrected chi connectivity index (χ3v) is 6.31. The Hall–Kier alpha value is -4.46. The van der Waals surface area contributed by atoms with Gasteiger partial charge < -0.3 is 13.6 Å². The van der Waals surface area contributed by atoms with E-state index in [9.17, 15) is 19.4 Å². The first-order chi connectivity index (χ1) is 17.9. The highest BCUT2D eigenvalue weighted by Crippen LogP contribution is 3.02. The van der Waals surface area contributed by atoms with Crippen molar-refractivity contribution < 1.29 is 33.0 Å². The minimum absolute atomic E-state index is 0.0936. The van der Waals surface area contributed by atoms with Crippen LogP contribution in [0.2, 0.25) is 0 Å². The highest BCUT2D eigenvalue weighted by atomic mass is 32.5. The van der Waals surface area contributed by atoms with Gasteiger partial charge in [-0.15, -0.1) is 5.10 Å². The van der Waals surface area contributed by atoms with E-state index in [-0.39, 0.29) is 18.1 Å². The monoisotopic (exact) mass is 551 g/mol. The van der Waals surface area contributed by atoms with Crippen LogP contribution in [0, 0.1) is 0 Å². The van der Waals surface area contributed by atoms with Crippen LogP contribution >= 0.6 is 10.2 Å². The Morgan fingerprint density at radius 3 is 2.26 bits per heavy atom. The lowest BCUT2D eigenvalue weighted by Crippen LogP contribution is -2.05. The summed E-state index contributed by atoms with van der Waals surface area (Å²) in [6.45, 7) is 0.528.